The van der Waals surface area contributed by atoms with Gasteiger partial charge in [0.1, 0.15) is 23.8 Å². The van der Waals surface area contributed by atoms with E-state index in [9.17, 15) is 17.6 Å². The van der Waals surface area contributed by atoms with Crippen LogP contribution in [0.4, 0.5) is 29.2 Å². The van der Waals surface area contributed by atoms with Crippen molar-refractivity contribution in [2.24, 2.45) is 0 Å². The van der Waals surface area contributed by atoms with Crippen molar-refractivity contribution in [3.8, 4) is 0 Å². The monoisotopic (exact) mass is 417 g/mol. The zero-order valence-electron chi connectivity index (χ0n) is 16.2. The van der Waals surface area contributed by atoms with E-state index in [1.165, 1.54) is 12.4 Å². The third-order valence-corrected chi connectivity index (χ3v) is 5.02. The third-order valence-electron chi connectivity index (χ3n) is 5.02. The molecule has 0 saturated heterocycles. The number of fused-ring (bicyclic) bond motifs is 1. The van der Waals surface area contributed by atoms with E-state index in [0.717, 1.165) is 41.3 Å². The van der Waals surface area contributed by atoms with Crippen molar-refractivity contribution >= 4 is 11.6 Å². The van der Waals surface area contributed by atoms with E-state index in [1.807, 2.05) is 19.1 Å². The Kier molecular flexibility index (Phi) is 5.27. The number of pyridine rings is 1. The van der Waals surface area contributed by atoms with Gasteiger partial charge in [-0.05, 0) is 36.2 Å². The summed E-state index contributed by atoms with van der Waals surface area (Å²) >= 11 is 0. The summed E-state index contributed by atoms with van der Waals surface area (Å²) in [7, 11) is 0. The Morgan fingerprint density at radius 1 is 1.10 bits per heavy atom. The number of hydrogen-bond donors (Lipinski definition) is 1. The molecule has 3 heterocycles. The first kappa shape index (κ1) is 20.1. The summed E-state index contributed by atoms with van der Waals surface area (Å²) in [5.41, 5.74) is 1.88. The van der Waals surface area contributed by atoms with Crippen molar-refractivity contribution < 1.29 is 17.6 Å². The Hall–Kier alpha value is -3.23. The highest BCUT2D eigenvalue weighted by atomic mass is 19.4. The molecule has 0 saturated carbocycles. The molecule has 1 N–H and O–H groups in total. The van der Waals surface area contributed by atoms with Gasteiger partial charge >= 0.3 is 6.18 Å². The van der Waals surface area contributed by atoms with E-state index < -0.39 is 17.6 Å². The number of alkyl halides is 3. The second kappa shape index (κ2) is 7.89. The molecule has 0 unspecified atom stereocenters. The van der Waals surface area contributed by atoms with Crippen LogP contribution in [-0.4, -0.2) is 21.5 Å². The summed E-state index contributed by atoms with van der Waals surface area (Å²) in [6.07, 6.45) is -0.794. The lowest BCUT2D eigenvalue weighted by Crippen LogP contribution is -2.32. The number of halogens is 4. The normalized spacial score (nSPS) is 13.8. The minimum Gasteiger partial charge on any atom is -0.366 e. The van der Waals surface area contributed by atoms with Crippen LogP contribution in [0.3, 0.4) is 0 Å². The Morgan fingerprint density at radius 2 is 1.93 bits per heavy atom. The van der Waals surface area contributed by atoms with Gasteiger partial charge < -0.3 is 10.2 Å². The summed E-state index contributed by atoms with van der Waals surface area (Å²) in [6, 6.07) is 6.92. The maximum absolute atomic E-state index is 13.5. The predicted molar refractivity (Wildman–Crippen MR) is 104 cm³/mol. The first-order valence-electron chi connectivity index (χ1n) is 9.41. The van der Waals surface area contributed by atoms with Crippen LogP contribution >= 0.6 is 0 Å². The molecule has 3 aromatic rings. The molecule has 30 heavy (non-hydrogen) atoms. The largest absolute Gasteiger partial charge is 0.419 e. The molecule has 0 aliphatic carbocycles. The van der Waals surface area contributed by atoms with Crippen molar-refractivity contribution in [1.82, 2.24) is 15.0 Å². The summed E-state index contributed by atoms with van der Waals surface area (Å²) in [6.45, 7) is 3.34. The number of hydrogen-bond acceptors (Lipinski definition) is 5. The molecule has 0 amide bonds. The van der Waals surface area contributed by atoms with E-state index in [-0.39, 0.29) is 6.54 Å². The smallest absolute Gasteiger partial charge is 0.366 e. The molecule has 0 radical (unpaired) electrons. The highest BCUT2D eigenvalue weighted by Crippen LogP contribution is 2.32. The highest BCUT2D eigenvalue weighted by Gasteiger charge is 2.34. The van der Waals surface area contributed by atoms with Crippen LogP contribution < -0.4 is 10.2 Å². The quantitative estimate of drug-likeness (QED) is 0.633. The number of anilines is 2. The lowest BCUT2D eigenvalue weighted by atomic mass is 10.1. The molecule has 0 bridgehead atoms. The molecule has 156 valence electrons. The Balaban J connectivity index is 1.54. The maximum Gasteiger partial charge on any atom is 0.419 e. The van der Waals surface area contributed by atoms with Crippen molar-refractivity contribution in [2.45, 2.75) is 32.6 Å². The second-order valence-corrected chi connectivity index (χ2v) is 7.18. The van der Waals surface area contributed by atoms with E-state index >= 15 is 0 Å². The van der Waals surface area contributed by atoms with Gasteiger partial charge in [-0.1, -0.05) is 12.1 Å². The average molecular weight is 417 g/mol. The summed E-state index contributed by atoms with van der Waals surface area (Å²) < 4.78 is 52.4. The van der Waals surface area contributed by atoms with Crippen molar-refractivity contribution in [3.05, 3.63) is 76.6 Å². The number of benzene rings is 1. The number of aromatic nitrogens is 3. The summed E-state index contributed by atoms with van der Waals surface area (Å²) in [5.74, 6) is 0.107. The first-order valence-corrected chi connectivity index (χ1v) is 9.41. The Bertz CT molecular complexity index is 1050. The number of nitrogens with zero attached hydrogens (tertiary/aromatic N) is 4. The van der Waals surface area contributed by atoms with Gasteiger partial charge in [0.25, 0.3) is 0 Å². The lowest BCUT2D eigenvalue weighted by molar-refractivity contribution is -0.140. The van der Waals surface area contributed by atoms with Gasteiger partial charge in [0.15, 0.2) is 0 Å². The SMILES string of the molecule is Cc1ccc(N2CCc3ncnc(NCc4ccc(F)c(C(F)(F)F)c4)c3C2)nc1. The van der Waals surface area contributed by atoms with Gasteiger partial charge in [0, 0.05) is 37.8 Å². The van der Waals surface area contributed by atoms with E-state index in [0.29, 0.717) is 24.3 Å². The zero-order valence-corrected chi connectivity index (χ0v) is 16.2. The number of rotatable bonds is 4. The molecule has 1 aromatic carbocycles. The third kappa shape index (κ3) is 4.19. The molecule has 2 aromatic heterocycles. The molecule has 0 fully saturated rings. The molecule has 0 spiro atoms. The molecule has 4 rings (SSSR count). The fourth-order valence-electron chi connectivity index (χ4n) is 3.42. The molecular weight excluding hydrogens is 398 g/mol. The van der Waals surface area contributed by atoms with E-state index in [2.05, 4.69) is 25.2 Å². The lowest BCUT2D eigenvalue weighted by Gasteiger charge is -2.30. The van der Waals surface area contributed by atoms with Crippen molar-refractivity contribution in [3.63, 3.8) is 0 Å². The highest BCUT2D eigenvalue weighted by molar-refractivity contribution is 5.52. The maximum atomic E-state index is 13.5. The molecule has 5 nitrogen and oxygen atoms in total. The standard InChI is InChI=1S/C21H19F4N5/c1-13-2-5-19(26-9-13)30-7-6-18-15(11-30)20(29-12-28-18)27-10-14-3-4-17(22)16(8-14)21(23,24)25/h2-5,8-9,12H,6-7,10-11H2,1H3,(H,27,28,29). The van der Waals surface area contributed by atoms with Gasteiger partial charge in [-0.25, -0.2) is 19.3 Å². The van der Waals surface area contributed by atoms with Crippen LogP contribution in [0.5, 0.6) is 0 Å². The van der Waals surface area contributed by atoms with Crippen LogP contribution in [0.1, 0.15) is 27.9 Å². The van der Waals surface area contributed by atoms with Crippen molar-refractivity contribution in [2.75, 3.05) is 16.8 Å². The zero-order chi connectivity index (χ0) is 21.3. The van der Waals surface area contributed by atoms with Crippen LogP contribution in [0.25, 0.3) is 0 Å². The second-order valence-electron chi connectivity index (χ2n) is 7.18. The minimum absolute atomic E-state index is 0.0790. The van der Waals surface area contributed by atoms with Crippen LogP contribution in [-0.2, 0) is 25.7 Å². The molecule has 1 aliphatic rings. The number of nitrogens with one attached hydrogen (secondary N) is 1. The van der Waals surface area contributed by atoms with Gasteiger partial charge in [-0.15, -0.1) is 0 Å². The van der Waals surface area contributed by atoms with Gasteiger partial charge in [0.05, 0.1) is 11.3 Å². The van der Waals surface area contributed by atoms with Gasteiger partial charge in [0.2, 0.25) is 0 Å². The Morgan fingerprint density at radius 3 is 2.67 bits per heavy atom. The molecular formula is C21H19F4N5. The van der Waals surface area contributed by atoms with Crippen molar-refractivity contribution in [1.29, 1.82) is 0 Å². The Labute approximate surface area is 170 Å². The van der Waals surface area contributed by atoms with Crippen LogP contribution in [0.15, 0.2) is 42.9 Å². The fourth-order valence-corrected chi connectivity index (χ4v) is 3.42. The molecule has 0 atom stereocenters. The fraction of sp³-hybridized carbons (Fsp3) is 0.286. The predicted octanol–water partition coefficient (Wildman–Crippen LogP) is 4.51. The van der Waals surface area contributed by atoms with Crippen LogP contribution in [0.2, 0.25) is 0 Å². The van der Waals surface area contributed by atoms with Gasteiger partial charge in [-0.2, -0.15) is 13.2 Å². The first-order chi connectivity index (χ1) is 14.3. The minimum atomic E-state index is -4.74. The van der Waals surface area contributed by atoms with Crippen LogP contribution in [0, 0.1) is 12.7 Å². The molecule has 1 aliphatic heterocycles. The van der Waals surface area contributed by atoms with Gasteiger partial charge in [-0.3, -0.25) is 0 Å². The average Bonchev–Trinajstić information content (AvgIpc) is 2.72. The summed E-state index contributed by atoms with van der Waals surface area (Å²) in [4.78, 5) is 15.2. The topological polar surface area (TPSA) is 53.9 Å². The van der Waals surface area contributed by atoms with E-state index in [4.69, 9.17) is 0 Å². The van der Waals surface area contributed by atoms with E-state index in [1.54, 1.807) is 6.20 Å². The summed E-state index contributed by atoms with van der Waals surface area (Å²) in [5, 5.41) is 3.08. The molecule has 9 heteroatoms. The number of aryl methyl sites for hydroxylation is 1.